The van der Waals surface area contributed by atoms with Crippen LogP contribution in [0.4, 0.5) is 0 Å². The number of aliphatic hydroxyl groups is 1. The van der Waals surface area contributed by atoms with E-state index in [4.69, 9.17) is 37.0 Å². The maximum absolute atomic E-state index is 13.1. The average Bonchev–Trinajstić information content (AvgIpc) is 0.923. The molecule has 0 fully saturated rings. The molecule has 0 rings (SSSR count). The first-order valence-corrected chi connectivity index (χ1v) is 45.9. The maximum atomic E-state index is 13.1. The number of hydrogen-bond acceptors (Lipinski definition) is 15. The lowest BCUT2D eigenvalue weighted by molar-refractivity contribution is -0.161. The third-order valence-corrected chi connectivity index (χ3v) is 21.6. The van der Waals surface area contributed by atoms with Crippen LogP contribution in [-0.4, -0.2) is 96.7 Å². The lowest BCUT2D eigenvalue weighted by atomic mass is 9.99. The van der Waals surface area contributed by atoms with Crippen LogP contribution in [0.15, 0.2) is 0 Å². The summed E-state index contributed by atoms with van der Waals surface area (Å²) in [5.41, 5.74) is 0. The van der Waals surface area contributed by atoms with E-state index in [0.29, 0.717) is 25.7 Å². The van der Waals surface area contributed by atoms with Gasteiger partial charge in [0.05, 0.1) is 26.4 Å². The van der Waals surface area contributed by atoms with Crippen LogP contribution in [0.25, 0.3) is 0 Å². The molecule has 0 bridgehead atoms. The Morgan fingerprint density at radius 2 is 0.500 bits per heavy atom. The third-order valence-electron chi connectivity index (χ3n) is 19.7. The van der Waals surface area contributed by atoms with Crippen molar-refractivity contribution >= 4 is 39.5 Å². The van der Waals surface area contributed by atoms with Crippen molar-refractivity contribution in [3.8, 4) is 0 Å². The first-order valence-electron chi connectivity index (χ1n) is 42.9. The number of unbranched alkanes of at least 4 members (excludes halogenated alkanes) is 48. The van der Waals surface area contributed by atoms with Crippen LogP contribution >= 0.6 is 15.6 Å². The summed E-state index contributed by atoms with van der Waals surface area (Å²) >= 11 is 0. The number of carbonyl (C=O) groups is 4. The minimum Gasteiger partial charge on any atom is -0.462 e. The van der Waals surface area contributed by atoms with Crippen molar-refractivity contribution in [1.29, 1.82) is 0 Å². The van der Waals surface area contributed by atoms with E-state index in [1.807, 2.05) is 0 Å². The van der Waals surface area contributed by atoms with E-state index in [1.54, 1.807) is 0 Å². The molecule has 0 heterocycles. The highest BCUT2D eigenvalue weighted by molar-refractivity contribution is 7.47. The van der Waals surface area contributed by atoms with Gasteiger partial charge >= 0.3 is 39.5 Å². The van der Waals surface area contributed by atoms with Crippen molar-refractivity contribution in [3.05, 3.63) is 0 Å². The van der Waals surface area contributed by atoms with Crippen LogP contribution < -0.4 is 0 Å². The number of ether oxygens (including phenoxy) is 4. The Balaban J connectivity index is 5.23. The second-order valence-corrected chi connectivity index (χ2v) is 34.0. The highest BCUT2D eigenvalue weighted by atomic mass is 31.2. The summed E-state index contributed by atoms with van der Waals surface area (Å²) in [6.45, 7) is 12.0. The van der Waals surface area contributed by atoms with Gasteiger partial charge in [0, 0.05) is 25.7 Å². The van der Waals surface area contributed by atoms with Gasteiger partial charge in [-0.15, -0.1) is 0 Å². The van der Waals surface area contributed by atoms with Crippen molar-refractivity contribution in [3.63, 3.8) is 0 Å². The monoisotopic (exact) mass is 1490 g/mol. The van der Waals surface area contributed by atoms with Gasteiger partial charge in [-0.05, 0) is 43.4 Å². The standard InChI is InChI=1S/C83H162O17P2/c1-8-10-11-12-13-14-15-29-36-43-50-57-64-80(85)93-71-79(100-83(88)67-60-53-46-39-32-34-41-48-55-62-75(5)6)73-98-102(91,92)96-69-77(84)68-95-101(89,90)97-72-78(70-94-81(86)65-58-51-44-37-30-26-22-23-27-33-40-47-54-61-74(3)4)99-82(87)66-59-52-45-38-31-25-21-19-17-16-18-20-24-28-35-42-49-56-63-76(7)9-2/h74-79,84H,8-73H2,1-7H3,(H,89,90)(H,91,92)/t76?,77-,78-,79-/m1/s1. The molecule has 19 heteroatoms. The largest absolute Gasteiger partial charge is 0.472 e. The summed E-state index contributed by atoms with van der Waals surface area (Å²) in [5.74, 6) is 0.290. The summed E-state index contributed by atoms with van der Waals surface area (Å²) in [7, 11) is -9.92. The Morgan fingerprint density at radius 3 is 0.745 bits per heavy atom. The molecule has 606 valence electrons. The highest BCUT2D eigenvalue weighted by Crippen LogP contribution is 2.45. The predicted octanol–water partition coefficient (Wildman–Crippen LogP) is 24.9. The topological polar surface area (TPSA) is 237 Å². The fourth-order valence-corrected chi connectivity index (χ4v) is 14.4. The molecule has 17 nitrogen and oxygen atoms in total. The molecule has 0 aromatic rings. The van der Waals surface area contributed by atoms with Crippen molar-refractivity contribution in [1.82, 2.24) is 0 Å². The van der Waals surface area contributed by atoms with Crippen molar-refractivity contribution in [2.45, 2.75) is 452 Å². The number of hydrogen-bond donors (Lipinski definition) is 3. The van der Waals surface area contributed by atoms with Gasteiger partial charge in [0.15, 0.2) is 12.2 Å². The van der Waals surface area contributed by atoms with Gasteiger partial charge < -0.3 is 33.8 Å². The van der Waals surface area contributed by atoms with Gasteiger partial charge in [-0.1, -0.05) is 382 Å². The lowest BCUT2D eigenvalue weighted by Gasteiger charge is -2.21. The molecule has 0 aliphatic rings. The van der Waals surface area contributed by atoms with Crippen LogP contribution in [0.5, 0.6) is 0 Å². The Kier molecular flexibility index (Phi) is 71.8. The average molecular weight is 1490 g/mol. The molecule has 0 aliphatic heterocycles. The summed E-state index contributed by atoms with van der Waals surface area (Å²) in [5, 5.41) is 10.7. The Morgan fingerprint density at radius 1 is 0.284 bits per heavy atom. The summed E-state index contributed by atoms with van der Waals surface area (Å²) < 4.78 is 68.8. The molecule has 0 saturated carbocycles. The molecule has 0 radical (unpaired) electrons. The summed E-state index contributed by atoms with van der Waals surface area (Å²) in [6.07, 6.45) is 62.4. The van der Waals surface area contributed by atoms with E-state index < -0.39 is 97.5 Å². The molecule has 0 aromatic heterocycles. The van der Waals surface area contributed by atoms with Gasteiger partial charge in [0.2, 0.25) is 0 Å². The molecule has 0 aliphatic carbocycles. The molecular weight excluding hydrogens is 1330 g/mol. The van der Waals surface area contributed by atoms with Crippen molar-refractivity contribution in [2.75, 3.05) is 39.6 Å². The maximum Gasteiger partial charge on any atom is 0.472 e. The second-order valence-electron chi connectivity index (χ2n) is 31.1. The predicted molar refractivity (Wildman–Crippen MR) is 418 cm³/mol. The molecule has 3 N–H and O–H groups in total. The fraction of sp³-hybridized carbons (Fsp3) is 0.952. The zero-order chi connectivity index (χ0) is 75.1. The van der Waals surface area contributed by atoms with E-state index in [1.165, 1.54) is 244 Å². The highest BCUT2D eigenvalue weighted by Gasteiger charge is 2.30. The Labute approximate surface area is 626 Å². The summed E-state index contributed by atoms with van der Waals surface area (Å²) in [4.78, 5) is 73.1. The van der Waals surface area contributed by atoms with E-state index in [-0.39, 0.29) is 25.7 Å². The Hall–Kier alpha value is -1.94. The number of phosphoric acid groups is 2. The van der Waals surface area contributed by atoms with Crippen LogP contribution in [-0.2, 0) is 65.4 Å². The van der Waals surface area contributed by atoms with E-state index >= 15 is 0 Å². The quantitative estimate of drug-likeness (QED) is 0.0222. The van der Waals surface area contributed by atoms with Crippen LogP contribution in [0.3, 0.4) is 0 Å². The van der Waals surface area contributed by atoms with Gasteiger partial charge in [-0.3, -0.25) is 37.3 Å². The minimum absolute atomic E-state index is 0.106. The molecule has 0 aromatic carbocycles. The fourth-order valence-electron chi connectivity index (χ4n) is 12.8. The Bertz CT molecular complexity index is 1980. The van der Waals surface area contributed by atoms with Gasteiger partial charge in [0.25, 0.3) is 0 Å². The van der Waals surface area contributed by atoms with Crippen LogP contribution in [0.2, 0.25) is 0 Å². The van der Waals surface area contributed by atoms with Crippen molar-refractivity contribution < 1.29 is 80.2 Å². The zero-order valence-electron chi connectivity index (χ0n) is 67.1. The van der Waals surface area contributed by atoms with Crippen LogP contribution in [0.1, 0.15) is 434 Å². The third kappa shape index (κ3) is 74.9. The summed E-state index contributed by atoms with van der Waals surface area (Å²) in [6, 6.07) is 0. The van der Waals surface area contributed by atoms with Crippen LogP contribution in [0, 0.1) is 17.8 Å². The number of esters is 4. The molecule has 6 atom stereocenters. The number of phosphoric ester groups is 2. The molecule has 0 saturated heterocycles. The zero-order valence-corrected chi connectivity index (χ0v) is 68.9. The molecule has 3 unspecified atom stereocenters. The number of aliphatic hydroxyl groups excluding tert-OH is 1. The number of carbonyl (C=O) groups excluding carboxylic acids is 4. The molecule has 102 heavy (non-hydrogen) atoms. The normalized spacial score (nSPS) is 14.2. The van der Waals surface area contributed by atoms with E-state index in [0.717, 1.165) is 108 Å². The van der Waals surface area contributed by atoms with Gasteiger partial charge in [-0.2, -0.15) is 0 Å². The van der Waals surface area contributed by atoms with Crippen molar-refractivity contribution in [2.24, 2.45) is 17.8 Å². The first-order chi connectivity index (χ1) is 49.3. The first kappa shape index (κ1) is 100. The SMILES string of the molecule is CCCCCCCCCCCCCCC(=O)OC[C@H](COP(=O)(O)OC[C@H](O)COP(=O)(O)OC[C@@H](COC(=O)CCCCCCCCCCCCCCCC(C)C)OC(=O)CCCCCCCCCCCCCCCCCCCCC(C)CC)OC(=O)CCCCCCCCCCCC(C)C. The van der Waals surface area contributed by atoms with E-state index in [9.17, 15) is 43.2 Å². The van der Waals surface area contributed by atoms with Gasteiger partial charge in [0.1, 0.15) is 19.3 Å². The number of rotatable bonds is 81. The molecular formula is C83H162O17P2. The lowest BCUT2D eigenvalue weighted by Crippen LogP contribution is -2.30. The smallest absolute Gasteiger partial charge is 0.462 e. The molecule has 0 spiro atoms. The molecule has 0 amide bonds. The second kappa shape index (κ2) is 73.2. The van der Waals surface area contributed by atoms with E-state index in [2.05, 4.69) is 48.5 Å². The van der Waals surface area contributed by atoms with Gasteiger partial charge in [-0.25, -0.2) is 9.13 Å². The minimum atomic E-state index is -4.96.